The van der Waals surface area contributed by atoms with E-state index in [-0.39, 0.29) is 11.0 Å². The maximum atomic E-state index is 11.5. The van der Waals surface area contributed by atoms with Gasteiger partial charge in [-0.25, -0.2) is 4.79 Å². The van der Waals surface area contributed by atoms with Crippen LogP contribution in [0.3, 0.4) is 0 Å². The van der Waals surface area contributed by atoms with Gasteiger partial charge >= 0.3 is 5.97 Å². The van der Waals surface area contributed by atoms with Crippen LogP contribution >= 0.6 is 0 Å². The fourth-order valence-electron chi connectivity index (χ4n) is 3.02. The van der Waals surface area contributed by atoms with Gasteiger partial charge in [0.2, 0.25) is 0 Å². The molecule has 2 heterocycles. The summed E-state index contributed by atoms with van der Waals surface area (Å²) in [5, 5.41) is 15.3. The lowest BCUT2D eigenvalue weighted by molar-refractivity contribution is 0.0695. The van der Waals surface area contributed by atoms with Gasteiger partial charge in [0.25, 0.3) is 0 Å². The number of nitrogens with zero attached hydrogens (tertiary/aromatic N) is 3. The molecule has 25 heavy (non-hydrogen) atoms. The number of aryl methyl sites for hydroxylation is 1. The van der Waals surface area contributed by atoms with Crippen molar-refractivity contribution >= 4 is 16.9 Å². The van der Waals surface area contributed by atoms with Crippen molar-refractivity contribution in [1.82, 2.24) is 14.8 Å². The predicted molar refractivity (Wildman–Crippen MR) is 97.9 cm³/mol. The predicted octanol–water partition coefficient (Wildman–Crippen LogP) is 4.07. The molecule has 0 aliphatic carbocycles. The quantitative estimate of drug-likeness (QED) is 0.779. The summed E-state index contributed by atoms with van der Waals surface area (Å²) in [6.45, 7) is 9.39. The Hall–Kier alpha value is -2.69. The first-order valence-corrected chi connectivity index (χ1v) is 8.37. The van der Waals surface area contributed by atoms with Crippen LogP contribution in [0.25, 0.3) is 10.9 Å². The Kier molecular flexibility index (Phi) is 4.33. The number of fused-ring (bicyclic) bond motifs is 1. The molecule has 3 rings (SSSR count). The summed E-state index contributed by atoms with van der Waals surface area (Å²) in [6.07, 6.45) is 3.58. The van der Waals surface area contributed by atoms with Gasteiger partial charge in [0.15, 0.2) is 0 Å². The summed E-state index contributed by atoms with van der Waals surface area (Å²) in [6, 6.07) is 7.83. The van der Waals surface area contributed by atoms with Crippen molar-refractivity contribution in [2.24, 2.45) is 5.41 Å². The molecule has 1 aromatic carbocycles. The Bertz CT molecular complexity index is 936. The third-order valence-corrected chi connectivity index (χ3v) is 4.10. The van der Waals surface area contributed by atoms with Crippen LogP contribution in [0.2, 0.25) is 0 Å². The van der Waals surface area contributed by atoms with Gasteiger partial charge in [-0.05, 0) is 36.1 Å². The molecule has 0 fully saturated rings. The molecule has 0 aliphatic rings. The van der Waals surface area contributed by atoms with Crippen LogP contribution in [0.15, 0.2) is 36.7 Å². The zero-order chi connectivity index (χ0) is 18.2. The van der Waals surface area contributed by atoms with Gasteiger partial charge in [-0.15, -0.1) is 0 Å². The lowest BCUT2D eigenvalue weighted by Crippen LogP contribution is -2.16. The summed E-state index contributed by atoms with van der Waals surface area (Å²) in [4.78, 5) is 15.6. The van der Waals surface area contributed by atoms with Gasteiger partial charge in [-0.3, -0.25) is 9.67 Å². The number of hydrogen-bond donors (Lipinski definition) is 1. The first-order chi connectivity index (χ1) is 11.7. The maximum Gasteiger partial charge on any atom is 0.336 e. The van der Waals surface area contributed by atoms with E-state index < -0.39 is 5.97 Å². The molecular formula is C20H23N3O2. The van der Waals surface area contributed by atoms with E-state index in [1.165, 1.54) is 12.3 Å². The minimum absolute atomic E-state index is 0.0988. The maximum absolute atomic E-state index is 11.5. The van der Waals surface area contributed by atoms with Gasteiger partial charge in [0, 0.05) is 30.7 Å². The summed E-state index contributed by atoms with van der Waals surface area (Å²) in [5.41, 5.74) is 4.19. The van der Waals surface area contributed by atoms with Gasteiger partial charge in [-0.1, -0.05) is 32.4 Å². The first-order valence-electron chi connectivity index (χ1n) is 8.37. The molecule has 0 saturated heterocycles. The van der Waals surface area contributed by atoms with Crippen molar-refractivity contribution in [3.63, 3.8) is 0 Å². The Morgan fingerprint density at radius 1 is 1.24 bits per heavy atom. The second kappa shape index (κ2) is 6.31. The topological polar surface area (TPSA) is 68.0 Å². The highest BCUT2D eigenvalue weighted by molar-refractivity contribution is 5.90. The fourth-order valence-corrected chi connectivity index (χ4v) is 3.02. The minimum atomic E-state index is -0.938. The van der Waals surface area contributed by atoms with E-state index in [2.05, 4.69) is 50.9 Å². The van der Waals surface area contributed by atoms with E-state index in [4.69, 9.17) is 5.10 Å². The second-order valence-corrected chi connectivity index (χ2v) is 7.70. The van der Waals surface area contributed by atoms with Crippen LogP contribution in [-0.2, 0) is 13.0 Å². The number of carboxylic acids is 1. The van der Waals surface area contributed by atoms with Crippen LogP contribution in [0, 0.1) is 12.3 Å². The third kappa shape index (κ3) is 3.71. The molecule has 2 aromatic heterocycles. The normalized spacial score (nSPS) is 11.8. The number of carbonyl (C=O) groups is 1. The minimum Gasteiger partial charge on any atom is -0.478 e. The van der Waals surface area contributed by atoms with E-state index in [1.807, 2.05) is 4.68 Å². The molecule has 5 heteroatoms. The molecular weight excluding hydrogens is 314 g/mol. The van der Waals surface area contributed by atoms with Gasteiger partial charge in [0.05, 0.1) is 16.8 Å². The molecule has 0 radical (unpaired) electrons. The van der Waals surface area contributed by atoms with Crippen LogP contribution in [0.1, 0.15) is 48.0 Å². The van der Waals surface area contributed by atoms with Crippen molar-refractivity contribution in [2.45, 2.75) is 40.7 Å². The molecule has 1 N–H and O–H groups in total. The van der Waals surface area contributed by atoms with E-state index in [1.54, 1.807) is 6.20 Å². The average molecular weight is 337 g/mol. The highest BCUT2D eigenvalue weighted by Crippen LogP contribution is 2.26. The van der Waals surface area contributed by atoms with Crippen molar-refractivity contribution in [3.05, 3.63) is 59.0 Å². The molecule has 130 valence electrons. The van der Waals surface area contributed by atoms with Crippen LogP contribution in [0.4, 0.5) is 0 Å². The van der Waals surface area contributed by atoms with Crippen molar-refractivity contribution < 1.29 is 9.90 Å². The standard InChI is InChI=1S/C20H23N3O2/c1-13-5-6-18-16(9-13)17(22-23(18)12-20(2,3)4)10-14-11-21-8-7-15(14)19(24)25/h5-9,11H,10,12H2,1-4H3,(H,24,25). The van der Waals surface area contributed by atoms with Gasteiger partial charge in [0.1, 0.15) is 0 Å². The highest BCUT2D eigenvalue weighted by Gasteiger charge is 2.19. The van der Waals surface area contributed by atoms with E-state index in [0.29, 0.717) is 12.0 Å². The van der Waals surface area contributed by atoms with E-state index in [9.17, 15) is 9.90 Å². The number of aromatic carboxylic acids is 1. The smallest absolute Gasteiger partial charge is 0.336 e. The summed E-state index contributed by atoms with van der Waals surface area (Å²) < 4.78 is 2.03. The number of benzene rings is 1. The average Bonchev–Trinajstić information content (AvgIpc) is 2.82. The van der Waals surface area contributed by atoms with Crippen LogP contribution in [0.5, 0.6) is 0 Å². The van der Waals surface area contributed by atoms with Crippen molar-refractivity contribution in [1.29, 1.82) is 0 Å². The molecule has 5 nitrogen and oxygen atoms in total. The fraction of sp³-hybridized carbons (Fsp3) is 0.350. The third-order valence-electron chi connectivity index (χ3n) is 4.10. The lowest BCUT2D eigenvalue weighted by Gasteiger charge is -2.18. The molecule has 3 aromatic rings. The number of aromatic nitrogens is 3. The molecule has 0 amide bonds. The Labute approximate surface area is 147 Å². The number of pyridine rings is 1. The summed E-state index contributed by atoms with van der Waals surface area (Å²) >= 11 is 0. The zero-order valence-electron chi connectivity index (χ0n) is 15.1. The zero-order valence-corrected chi connectivity index (χ0v) is 15.1. The monoisotopic (exact) mass is 337 g/mol. The van der Waals surface area contributed by atoms with Gasteiger partial charge < -0.3 is 5.11 Å². The number of carboxylic acid groups (broad SMARTS) is 1. The molecule has 0 atom stereocenters. The Morgan fingerprint density at radius 3 is 2.68 bits per heavy atom. The van der Waals surface area contributed by atoms with E-state index in [0.717, 1.165) is 28.7 Å². The lowest BCUT2D eigenvalue weighted by atomic mass is 9.97. The molecule has 0 unspecified atom stereocenters. The second-order valence-electron chi connectivity index (χ2n) is 7.70. The van der Waals surface area contributed by atoms with Gasteiger partial charge in [-0.2, -0.15) is 5.10 Å². The number of rotatable bonds is 4. The largest absolute Gasteiger partial charge is 0.478 e. The molecule has 0 spiro atoms. The Morgan fingerprint density at radius 2 is 2.00 bits per heavy atom. The van der Waals surface area contributed by atoms with Crippen molar-refractivity contribution in [3.8, 4) is 0 Å². The summed E-state index contributed by atoms with van der Waals surface area (Å²) in [5.74, 6) is -0.938. The molecule has 0 aliphatic heterocycles. The highest BCUT2D eigenvalue weighted by atomic mass is 16.4. The summed E-state index contributed by atoms with van der Waals surface area (Å²) in [7, 11) is 0. The van der Waals surface area contributed by atoms with Crippen LogP contribution in [-0.4, -0.2) is 25.8 Å². The van der Waals surface area contributed by atoms with E-state index >= 15 is 0 Å². The van der Waals surface area contributed by atoms with Crippen LogP contribution < -0.4 is 0 Å². The Balaban J connectivity index is 2.10. The van der Waals surface area contributed by atoms with Crippen molar-refractivity contribution in [2.75, 3.05) is 0 Å². The molecule has 0 bridgehead atoms. The first kappa shape index (κ1) is 17.1. The SMILES string of the molecule is Cc1ccc2c(c1)c(Cc1cnccc1C(=O)O)nn2CC(C)(C)C. The number of hydrogen-bond acceptors (Lipinski definition) is 3. The molecule has 0 saturated carbocycles.